The van der Waals surface area contributed by atoms with Crippen molar-refractivity contribution in [1.29, 1.82) is 0 Å². The van der Waals surface area contributed by atoms with Gasteiger partial charge >= 0.3 is 0 Å². The summed E-state index contributed by atoms with van der Waals surface area (Å²) in [7, 11) is 6.29. The van der Waals surface area contributed by atoms with E-state index in [2.05, 4.69) is 77.1 Å². The summed E-state index contributed by atoms with van der Waals surface area (Å²) in [5.74, 6) is 1.28. The number of thiophene rings is 1. The van der Waals surface area contributed by atoms with Crippen molar-refractivity contribution in [2.45, 2.75) is 37.5 Å². The molecule has 0 saturated carbocycles. The van der Waals surface area contributed by atoms with Crippen LogP contribution in [0.5, 0.6) is 11.5 Å². The Balaban J connectivity index is 1.41. The fraction of sp³-hybridized carbons (Fsp3) is 0.429. The number of phenolic OH excluding ortho intramolecular Hbond substituents is 1. The molecule has 0 unspecified atom stereocenters. The smallest absolute Gasteiger partial charge is 0.134 e. The van der Waals surface area contributed by atoms with Crippen LogP contribution in [0.15, 0.2) is 66.0 Å². The number of aromatic hydroxyl groups is 1. The molecule has 0 radical (unpaired) electrons. The van der Waals surface area contributed by atoms with Crippen molar-refractivity contribution in [3.05, 3.63) is 82.0 Å². The zero-order chi connectivity index (χ0) is 24.0. The van der Waals surface area contributed by atoms with Crippen LogP contribution in [-0.4, -0.2) is 55.7 Å². The van der Waals surface area contributed by atoms with E-state index in [0.717, 1.165) is 51.2 Å². The number of hydrogen-bond donors (Lipinski definition) is 2. The highest BCUT2D eigenvalue weighted by Crippen LogP contribution is 2.39. The number of piperidine rings is 1. The quantitative estimate of drug-likeness (QED) is 0.417. The van der Waals surface area contributed by atoms with Gasteiger partial charge in [-0.25, -0.2) is 0 Å². The van der Waals surface area contributed by atoms with Crippen LogP contribution < -0.4 is 10.1 Å². The van der Waals surface area contributed by atoms with Crippen molar-refractivity contribution in [1.82, 2.24) is 15.1 Å². The van der Waals surface area contributed by atoms with Gasteiger partial charge < -0.3 is 15.2 Å². The Hall–Kier alpha value is -2.38. The van der Waals surface area contributed by atoms with E-state index in [1.54, 1.807) is 17.4 Å². The lowest BCUT2D eigenvalue weighted by atomic mass is 9.79. The van der Waals surface area contributed by atoms with Gasteiger partial charge in [-0.2, -0.15) is 0 Å². The molecule has 6 heteroatoms. The number of likely N-dealkylation sites (tertiary alicyclic amines) is 1. The Morgan fingerprint density at radius 2 is 1.88 bits per heavy atom. The molecule has 5 nitrogen and oxygen atoms in total. The second-order valence-electron chi connectivity index (χ2n) is 9.41. The molecule has 34 heavy (non-hydrogen) atoms. The maximum Gasteiger partial charge on any atom is 0.134 e. The van der Waals surface area contributed by atoms with Crippen LogP contribution in [0.1, 0.15) is 41.4 Å². The van der Waals surface area contributed by atoms with Crippen molar-refractivity contribution >= 4 is 11.3 Å². The summed E-state index contributed by atoms with van der Waals surface area (Å²) in [6.45, 7) is 3.86. The molecule has 1 aromatic heterocycles. The lowest BCUT2D eigenvalue weighted by Crippen LogP contribution is -2.50. The summed E-state index contributed by atoms with van der Waals surface area (Å²) < 4.78 is 6.45. The van der Waals surface area contributed by atoms with E-state index in [1.165, 1.54) is 16.0 Å². The number of hydrogen-bond acceptors (Lipinski definition) is 6. The number of nitrogens with zero attached hydrogens (tertiary/aromatic N) is 2. The van der Waals surface area contributed by atoms with E-state index < -0.39 is 0 Å². The fourth-order valence-corrected chi connectivity index (χ4v) is 5.81. The van der Waals surface area contributed by atoms with Crippen molar-refractivity contribution in [2.75, 3.05) is 40.8 Å². The molecular formula is C28H37N3O2S. The normalized spacial score (nSPS) is 17.1. The molecule has 4 rings (SSSR count). The highest BCUT2D eigenvalue weighted by molar-refractivity contribution is 7.10. The Morgan fingerprint density at radius 3 is 2.56 bits per heavy atom. The average Bonchev–Trinajstić information content (AvgIpc) is 3.37. The molecule has 0 bridgehead atoms. The number of rotatable bonds is 10. The summed E-state index contributed by atoms with van der Waals surface area (Å²) in [4.78, 5) is 6.12. The van der Waals surface area contributed by atoms with Crippen LogP contribution >= 0.6 is 11.3 Å². The van der Waals surface area contributed by atoms with Gasteiger partial charge in [0.05, 0.1) is 0 Å². The molecule has 1 atom stereocenters. The standard InChI is InChI=1S/C28H37N3O2S/c1-29-15-12-26(27-11-6-18-34-27)33-25-10-4-7-22(19-25)21-31-16-13-28(14-17-31,30(2)3)23-8-5-9-24(32)20-23/h4-11,18-20,26,29,32H,12-17,21H2,1-3H3/t26-/m0/s1. The Kier molecular flexibility index (Phi) is 8.27. The Bertz CT molecular complexity index is 1030. The highest BCUT2D eigenvalue weighted by Gasteiger charge is 2.38. The first kappa shape index (κ1) is 24.7. The largest absolute Gasteiger partial charge is 0.508 e. The van der Waals surface area contributed by atoms with Crippen molar-refractivity contribution in [3.63, 3.8) is 0 Å². The molecule has 1 aliphatic rings. The van der Waals surface area contributed by atoms with E-state index in [0.29, 0.717) is 5.75 Å². The number of nitrogens with one attached hydrogen (secondary N) is 1. The third kappa shape index (κ3) is 5.81. The molecule has 1 aliphatic heterocycles. The van der Waals surface area contributed by atoms with Crippen LogP contribution in [0, 0.1) is 0 Å². The molecule has 0 aliphatic carbocycles. The minimum atomic E-state index is -0.0402. The molecule has 1 fully saturated rings. The SMILES string of the molecule is CNCC[C@H](Oc1cccc(CN2CCC(c3cccc(O)c3)(N(C)C)CC2)c1)c1cccs1. The second-order valence-corrected chi connectivity index (χ2v) is 10.4. The van der Waals surface area contributed by atoms with Crippen molar-refractivity contribution in [2.24, 2.45) is 0 Å². The summed E-state index contributed by atoms with van der Waals surface area (Å²) in [5, 5.41) is 15.4. The minimum Gasteiger partial charge on any atom is -0.508 e. The molecule has 3 aromatic rings. The third-order valence-electron chi connectivity index (χ3n) is 7.02. The van der Waals surface area contributed by atoms with Gasteiger partial charge in [0.15, 0.2) is 0 Å². The first-order valence-electron chi connectivity index (χ1n) is 12.1. The topological polar surface area (TPSA) is 48.0 Å². The monoisotopic (exact) mass is 479 g/mol. The van der Waals surface area contributed by atoms with E-state index in [9.17, 15) is 5.11 Å². The summed E-state index contributed by atoms with van der Waals surface area (Å²) in [6.07, 6.45) is 3.07. The molecule has 0 amide bonds. The first-order valence-corrected chi connectivity index (χ1v) is 13.0. The highest BCUT2D eigenvalue weighted by atomic mass is 32.1. The predicted molar refractivity (Wildman–Crippen MR) is 141 cm³/mol. The van der Waals surface area contributed by atoms with Crippen molar-refractivity contribution < 1.29 is 9.84 Å². The van der Waals surface area contributed by atoms with E-state index in [4.69, 9.17) is 4.74 Å². The van der Waals surface area contributed by atoms with E-state index >= 15 is 0 Å². The fourth-order valence-electron chi connectivity index (χ4n) is 5.02. The number of ether oxygens (including phenoxy) is 1. The van der Waals surface area contributed by atoms with Gasteiger partial charge in [-0.05, 0) is 87.4 Å². The van der Waals surface area contributed by atoms with E-state index in [-0.39, 0.29) is 11.6 Å². The lowest BCUT2D eigenvalue weighted by Gasteiger charge is -2.46. The van der Waals surface area contributed by atoms with Gasteiger partial charge in [0.1, 0.15) is 17.6 Å². The van der Waals surface area contributed by atoms with Crippen LogP contribution in [-0.2, 0) is 12.1 Å². The molecule has 2 aromatic carbocycles. The van der Waals surface area contributed by atoms with Crippen LogP contribution in [0.4, 0.5) is 0 Å². The van der Waals surface area contributed by atoms with Gasteiger partial charge in [0.2, 0.25) is 0 Å². The zero-order valence-corrected chi connectivity index (χ0v) is 21.4. The first-order chi connectivity index (χ1) is 16.5. The summed E-state index contributed by atoms with van der Waals surface area (Å²) >= 11 is 1.75. The maximum absolute atomic E-state index is 10.0. The Labute approximate surface area is 208 Å². The van der Waals surface area contributed by atoms with Crippen LogP contribution in [0.2, 0.25) is 0 Å². The van der Waals surface area contributed by atoms with Gasteiger partial charge in [-0.15, -0.1) is 11.3 Å². The lowest BCUT2D eigenvalue weighted by molar-refractivity contribution is 0.0505. The summed E-state index contributed by atoms with van der Waals surface area (Å²) in [5.41, 5.74) is 2.45. The Morgan fingerprint density at radius 1 is 1.09 bits per heavy atom. The van der Waals surface area contributed by atoms with Gasteiger partial charge in [0, 0.05) is 36.5 Å². The second kappa shape index (κ2) is 11.4. The number of benzene rings is 2. The molecule has 1 saturated heterocycles. The van der Waals surface area contributed by atoms with Crippen molar-refractivity contribution in [3.8, 4) is 11.5 Å². The van der Waals surface area contributed by atoms with Gasteiger partial charge in [-0.3, -0.25) is 9.80 Å². The number of phenols is 1. The zero-order valence-electron chi connectivity index (χ0n) is 20.5. The molecule has 2 N–H and O–H groups in total. The van der Waals surface area contributed by atoms with Crippen LogP contribution in [0.25, 0.3) is 0 Å². The molecule has 0 spiro atoms. The van der Waals surface area contributed by atoms with Crippen LogP contribution in [0.3, 0.4) is 0 Å². The summed E-state index contributed by atoms with van der Waals surface area (Å²) in [6, 6.07) is 20.6. The van der Waals surface area contributed by atoms with Gasteiger partial charge in [0.25, 0.3) is 0 Å². The predicted octanol–water partition coefficient (Wildman–Crippen LogP) is 5.24. The average molecular weight is 480 g/mol. The molecule has 2 heterocycles. The molecule has 182 valence electrons. The third-order valence-corrected chi connectivity index (χ3v) is 7.99. The molecular weight excluding hydrogens is 442 g/mol. The van der Waals surface area contributed by atoms with Gasteiger partial charge in [-0.1, -0.05) is 30.3 Å². The minimum absolute atomic E-state index is 0.0402. The maximum atomic E-state index is 10.0. The van der Waals surface area contributed by atoms with E-state index in [1.807, 2.05) is 19.2 Å².